The van der Waals surface area contributed by atoms with E-state index >= 15 is 0 Å². The number of nitrogens with two attached hydrogens (primary N) is 1. The lowest BCUT2D eigenvalue weighted by atomic mass is 10.0. The van der Waals surface area contributed by atoms with Crippen molar-refractivity contribution < 1.29 is 22.7 Å². The predicted octanol–water partition coefficient (Wildman–Crippen LogP) is 3.86. The van der Waals surface area contributed by atoms with Crippen molar-refractivity contribution in [1.29, 1.82) is 0 Å². The Balaban J connectivity index is 1.59. The van der Waals surface area contributed by atoms with Crippen LogP contribution in [0, 0.1) is 0 Å². The molecule has 2 aromatic heterocycles. The first-order valence-corrected chi connectivity index (χ1v) is 10.4. The molecule has 1 aliphatic rings. The number of carbonyl (C=O) groups excluding carboxylic acids is 1. The van der Waals surface area contributed by atoms with E-state index < -0.39 is 23.7 Å². The lowest BCUT2D eigenvalue weighted by molar-refractivity contribution is -0.137. The van der Waals surface area contributed by atoms with Gasteiger partial charge in [0, 0.05) is 11.3 Å². The Labute approximate surface area is 197 Å². The number of hydrogen-bond acceptors (Lipinski definition) is 8. The second kappa shape index (κ2) is 8.93. The van der Waals surface area contributed by atoms with Crippen LogP contribution in [0.25, 0.3) is 0 Å². The van der Waals surface area contributed by atoms with Crippen LogP contribution in [0.15, 0.2) is 30.6 Å². The number of alkyl halides is 3. The molecule has 1 atom stereocenters. The first kappa shape index (κ1) is 23.5. The maximum Gasteiger partial charge on any atom is 0.416 e. The number of ether oxygens (including phenoxy) is 1. The summed E-state index contributed by atoms with van der Waals surface area (Å²) >= 11 is 6.08. The van der Waals surface area contributed by atoms with Crippen molar-refractivity contribution in [2.75, 3.05) is 18.2 Å². The first-order chi connectivity index (χ1) is 16.0. The second-order valence-electron chi connectivity index (χ2n) is 7.63. The fourth-order valence-electron chi connectivity index (χ4n) is 3.58. The zero-order chi connectivity index (χ0) is 24.6. The van der Waals surface area contributed by atoms with Gasteiger partial charge in [-0.2, -0.15) is 13.2 Å². The van der Waals surface area contributed by atoms with Gasteiger partial charge in [0.25, 0.3) is 5.91 Å². The first-order valence-electron chi connectivity index (χ1n) is 10.00. The highest BCUT2D eigenvalue weighted by Crippen LogP contribution is 2.35. The summed E-state index contributed by atoms with van der Waals surface area (Å²) in [5.41, 5.74) is 6.35. The van der Waals surface area contributed by atoms with Gasteiger partial charge >= 0.3 is 6.18 Å². The molecular weight excluding hydrogens is 475 g/mol. The largest absolute Gasteiger partial charge is 0.480 e. The molecule has 0 bridgehead atoms. The normalized spacial score (nSPS) is 14.0. The molecule has 0 unspecified atom stereocenters. The van der Waals surface area contributed by atoms with Gasteiger partial charge in [-0.25, -0.2) is 15.0 Å². The van der Waals surface area contributed by atoms with Crippen LogP contribution >= 0.6 is 11.6 Å². The van der Waals surface area contributed by atoms with Gasteiger partial charge in [-0.1, -0.05) is 0 Å². The Kier molecular flexibility index (Phi) is 6.17. The van der Waals surface area contributed by atoms with Crippen molar-refractivity contribution in [1.82, 2.24) is 24.8 Å². The number of amides is 1. The maximum absolute atomic E-state index is 13.2. The van der Waals surface area contributed by atoms with Crippen molar-refractivity contribution in [3.8, 4) is 5.88 Å². The van der Waals surface area contributed by atoms with E-state index in [9.17, 15) is 18.0 Å². The lowest BCUT2D eigenvalue weighted by Crippen LogP contribution is -2.26. The summed E-state index contributed by atoms with van der Waals surface area (Å²) in [4.78, 5) is 30.9. The molecule has 0 radical (unpaired) electrons. The highest BCUT2D eigenvalue weighted by molar-refractivity contribution is 6.28. The van der Waals surface area contributed by atoms with E-state index in [1.54, 1.807) is 6.92 Å². The van der Waals surface area contributed by atoms with Crippen molar-refractivity contribution in [3.63, 3.8) is 0 Å². The Morgan fingerprint density at radius 2 is 1.97 bits per heavy atom. The molecule has 34 heavy (non-hydrogen) atoms. The zero-order valence-electron chi connectivity index (χ0n) is 18.0. The van der Waals surface area contributed by atoms with Crippen molar-refractivity contribution >= 4 is 29.0 Å². The molecule has 3 aromatic rings. The van der Waals surface area contributed by atoms with E-state index in [0.29, 0.717) is 22.6 Å². The van der Waals surface area contributed by atoms with Gasteiger partial charge < -0.3 is 20.7 Å². The van der Waals surface area contributed by atoms with Crippen molar-refractivity contribution in [2.45, 2.75) is 32.2 Å². The molecule has 9 nitrogen and oxygen atoms in total. The van der Waals surface area contributed by atoms with Crippen LogP contribution < -0.4 is 15.8 Å². The molecule has 1 aliphatic heterocycles. The third-order valence-electron chi connectivity index (χ3n) is 5.24. The van der Waals surface area contributed by atoms with Gasteiger partial charge in [0.05, 0.1) is 49.9 Å². The van der Waals surface area contributed by atoms with E-state index in [2.05, 4.69) is 25.3 Å². The molecule has 178 valence electrons. The topological polar surface area (TPSA) is 119 Å². The van der Waals surface area contributed by atoms with Crippen LogP contribution in [-0.2, 0) is 19.3 Å². The molecule has 3 N–H and O–H groups in total. The predicted molar refractivity (Wildman–Crippen MR) is 117 cm³/mol. The standard InChI is InChI=1S/C21H19ClF3N7O2/c1-10(11-3-12(21(23,24)25)5-13(26)4-11)28-18-14-8-32(9-16(14)30-20(22)31-18)19(33)15-6-27-7-17(29-15)34-2/h3-7,10H,8-9,26H2,1-2H3,(H,28,30,31)/t10-/m1/s1. The Bertz CT molecular complexity index is 1260. The molecule has 0 fully saturated rings. The summed E-state index contributed by atoms with van der Waals surface area (Å²) in [5, 5.41) is 3.02. The fourth-order valence-corrected chi connectivity index (χ4v) is 3.76. The number of nitrogens with zero attached hydrogens (tertiary/aromatic N) is 5. The molecule has 1 aromatic carbocycles. The van der Waals surface area contributed by atoms with Crippen LogP contribution in [0.1, 0.15) is 45.8 Å². The molecular formula is C21H19ClF3N7O2. The molecule has 13 heteroatoms. The van der Waals surface area contributed by atoms with Gasteiger partial charge in [-0.15, -0.1) is 0 Å². The lowest BCUT2D eigenvalue weighted by Gasteiger charge is -2.19. The smallest absolute Gasteiger partial charge is 0.416 e. The quantitative estimate of drug-likeness (QED) is 0.406. The van der Waals surface area contributed by atoms with Crippen LogP contribution in [-0.4, -0.2) is 37.9 Å². The molecule has 0 saturated heterocycles. The van der Waals surface area contributed by atoms with Crippen LogP contribution in [0.4, 0.5) is 24.7 Å². The maximum atomic E-state index is 13.2. The summed E-state index contributed by atoms with van der Waals surface area (Å²) < 4.78 is 44.6. The van der Waals surface area contributed by atoms with Gasteiger partial charge in [-0.05, 0) is 42.3 Å². The Hall–Kier alpha value is -3.67. The van der Waals surface area contributed by atoms with Gasteiger partial charge in [-0.3, -0.25) is 9.78 Å². The molecule has 0 aliphatic carbocycles. The van der Waals surface area contributed by atoms with Gasteiger partial charge in [0.1, 0.15) is 5.82 Å². The average Bonchev–Trinajstić information content (AvgIpc) is 3.21. The fraction of sp³-hybridized carbons (Fsp3) is 0.286. The number of benzene rings is 1. The minimum Gasteiger partial charge on any atom is -0.480 e. The highest BCUT2D eigenvalue weighted by Gasteiger charge is 2.33. The summed E-state index contributed by atoms with van der Waals surface area (Å²) in [6.45, 7) is 1.96. The van der Waals surface area contributed by atoms with E-state index in [1.165, 1.54) is 30.5 Å². The number of fused-ring (bicyclic) bond motifs is 1. The van der Waals surface area contributed by atoms with Gasteiger partial charge in [0.2, 0.25) is 11.2 Å². The number of aromatic nitrogens is 4. The zero-order valence-corrected chi connectivity index (χ0v) is 18.8. The SMILES string of the molecule is COc1cncc(C(=O)N2Cc3nc(Cl)nc(N[C@H](C)c4cc(N)cc(C(F)(F)F)c4)c3C2)n1. The monoisotopic (exact) mass is 493 g/mol. The third-order valence-corrected chi connectivity index (χ3v) is 5.41. The average molecular weight is 494 g/mol. The summed E-state index contributed by atoms with van der Waals surface area (Å²) in [5.74, 6) is 0.109. The Morgan fingerprint density at radius 3 is 2.68 bits per heavy atom. The number of methoxy groups -OCH3 is 1. The van der Waals surface area contributed by atoms with Crippen LogP contribution in [0.2, 0.25) is 5.28 Å². The summed E-state index contributed by atoms with van der Waals surface area (Å²) in [6.07, 6.45) is -1.83. The van der Waals surface area contributed by atoms with E-state index in [4.69, 9.17) is 22.1 Å². The number of rotatable bonds is 5. The summed E-state index contributed by atoms with van der Waals surface area (Å²) in [7, 11) is 1.42. The minimum absolute atomic E-state index is 0.0133. The minimum atomic E-state index is -4.53. The van der Waals surface area contributed by atoms with E-state index in [-0.39, 0.29) is 35.6 Å². The summed E-state index contributed by atoms with van der Waals surface area (Å²) in [6, 6.07) is 2.75. The molecule has 1 amide bonds. The number of anilines is 2. The number of hydrogen-bond donors (Lipinski definition) is 2. The molecule has 0 spiro atoms. The number of nitrogens with one attached hydrogen (secondary N) is 1. The van der Waals surface area contributed by atoms with Crippen LogP contribution in [0.3, 0.4) is 0 Å². The third kappa shape index (κ3) is 4.81. The Morgan fingerprint density at radius 1 is 1.21 bits per heavy atom. The number of halogens is 4. The molecule has 4 rings (SSSR count). The van der Waals surface area contributed by atoms with Crippen LogP contribution in [0.5, 0.6) is 5.88 Å². The molecule has 0 saturated carbocycles. The van der Waals surface area contributed by atoms with E-state index in [0.717, 1.165) is 12.1 Å². The van der Waals surface area contributed by atoms with Crippen molar-refractivity contribution in [3.05, 3.63) is 64.0 Å². The number of carbonyl (C=O) groups is 1. The van der Waals surface area contributed by atoms with Gasteiger partial charge in [0.15, 0.2) is 5.69 Å². The van der Waals surface area contributed by atoms with E-state index in [1.807, 2.05) is 0 Å². The van der Waals surface area contributed by atoms with Crippen molar-refractivity contribution in [2.24, 2.45) is 0 Å². The highest BCUT2D eigenvalue weighted by atomic mass is 35.5. The number of nitrogen functional groups attached to an aromatic ring is 1. The molecule has 3 heterocycles. The second-order valence-corrected chi connectivity index (χ2v) is 7.96.